The number of hydrogen-bond acceptors (Lipinski definition) is 6. The molecule has 1 atom stereocenters. The maximum absolute atomic E-state index is 12.9. The number of fused-ring (bicyclic) bond motifs is 1. The molecule has 34 heavy (non-hydrogen) atoms. The average Bonchev–Trinajstić information content (AvgIpc) is 3.03. The second-order valence-corrected chi connectivity index (χ2v) is 10.0. The minimum atomic E-state index is -0.891. The molecule has 5 amide bonds. The van der Waals surface area contributed by atoms with Gasteiger partial charge in [0.05, 0.1) is 6.54 Å². The summed E-state index contributed by atoms with van der Waals surface area (Å²) in [4.78, 5) is 60.2. The van der Waals surface area contributed by atoms with E-state index in [0.29, 0.717) is 24.1 Å². The Balaban J connectivity index is 1.30. The fourth-order valence-corrected chi connectivity index (χ4v) is 4.55. The molecule has 4 rings (SSSR count). The van der Waals surface area contributed by atoms with Gasteiger partial charge in [0, 0.05) is 26.2 Å². The Kier molecular flexibility index (Phi) is 6.67. The fraction of sp³-hybridized carbons (Fsp3) is 0.583. The van der Waals surface area contributed by atoms with Crippen molar-refractivity contribution in [1.82, 2.24) is 19.8 Å². The highest BCUT2D eigenvalue weighted by atomic mass is 16.7. The Labute approximate surface area is 199 Å². The molecule has 3 heterocycles. The molecule has 3 aliphatic heterocycles. The number of imide groups is 1. The van der Waals surface area contributed by atoms with E-state index in [1.165, 1.54) is 20.3 Å². The van der Waals surface area contributed by atoms with Crippen LogP contribution in [0, 0.1) is 5.92 Å². The SMILES string of the molecule is CC(C)(C)OC(=O)N1CCN2C(=O)N(OC(=O)N3CCC(Cc4ccccc4)CC3)C(=O)C2C1. The van der Waals surface area contributed by atoms with Crippen LogP contribution in [0.1, 0.15) is 39.2 Å². The minimum absolute atomic E-state index is 0.00157. The van der Waals surface area contributed by atoms with Gasteiger partial charge in [-0.3, -0.25) is 4.79 Å². The smallest absolute Gasteiger partial charge is 0.434 e. The standard InChI is InChI=1S/C24H32N4O6/c1-24(2,3)33-22(31)26-13-14-27-19(16-26)20(29)28(21(27)30)34-23(32)25-11-9-18(10-12-25)15-17-7-5-4-6-8-17/h4-8,18-19H,9-16H2,1-3H3. The van der Waals surface area contributed by atoms with E-state index >= 15 is 0 Å². The largest absolute Gasteiger partial charge is 0.444 e. The molecule has 0 radical (unpaired) electrons. The summed E-state index contributed by atoms with van der Waals surface area (Å²) in [6.07, 6.45) is 1.36. The normalized spacial score (nSPS) is 21.6. The number of carbonyl (C=O) groups is 4. The van der Waals surface area contributed by atoms with Crippen molar-refractivity contribution in [3.8, 4) is 0 Å². The van der Waals surface area contributed by atoms with Crippen molar-refractivity contribution >= 4 is 24.1 Å². The molecule has 3 saturated heterocycles. The zero-order chi connectivity index (χ0) is 24.5. The van der Waals surface area contributed by atoms with E-state index in [1.54, 1.807) is 20.8 Å². The van der Waals surface area contributed by atoms with Crippen LogP contribution >= 0.6 is 0 Å². The third kappa shape index (κ3) is 5.26. The molecule has 10 heteroatoms. The zero-order valence-electron chi connectivity index (χ0n) is 19.9. The number of rotatable bonds is 3. The summed E-state index contributed by atoms with van der Waals surface area (Å²) in [6.45, 7) is 6.69. The van der Waals surface area contributed by atoms with E-state index in [4.69, 9.17) is 9.57 Å². The van der Waals surface area contributed by atoms with Gasteiger partial charge in [-0.25, -0.2) is 14.4 Å². The van der Waals surface area contributed by atoms with Gasteiger partial charge >= 0.3 is 18.2 Å². The Morgan fingerprint density at radius 1 is 0.941 bits per heavy atom. The molecule has 0 aromatic heterocycles. The third-order valence-corrected chi connectivity index (χ3v) is 6.35. The predicted molar refractivity (Wildman–Crippen MR) is 121 cm³/mol. The van der Waals surface area contributed by atoms with E-state index in [1.807, 2.05) is 18.2 Å². The van der Waals surface area contributed by atoms with Crippen LogP contribution in [0.3, 0.4) is 0 Å². The lowest BCUT2D eigenvalue weighted by molar-refractivity contribution is -0.152. The first-order chi connectivity index (χ1) is 16.1. The van der Waals surface area contributed by atoms with Crippen LogP contribution in [0.15, 0.2) is 30.3 Å². The van der Waals surface area contributed by atoms with Crippen LogP contribution in [0.5, 0.6) is 0 Å². The summed E-state index contributed by atoms with van der Waals surface area (Å²) in [5.41, 5.74) is 0.605. The molecule has 3 aliphatic rings. The topological polar surface area (TPSA) is 99.7 Å². The first kappa shape index (κ1) is 23.8. The Hall–Kier alpha value is -3.30. The van der Waals surface area contributed by atoms with E-state index in [2.05, 4.69) is 12.1 Å². The van der Waals surface area contributed by atoms with Crippen LogP contribution in [0.25, 0.3) is 0 Å². The van der Waals surface area contributed by atoms with Gasteiger partial charge in [0.25, 0.3) is 5.91 Å². The van der Waals surface area contributed by atoms with E-state index in [-0.39, 0.29) is 19.6 Å². The summed E-state index contributed by atoms with van der Waals surface area (Å²) < 4.78 is 5.37. The highest BCUT2D eigenvalue weighted by molar-refractivity contribution is 6.04. The molecule has 1 aromatic carbocycles. The lowest BCUT2D eigenvalue weighted by Gasteiger charge is -2.35. The van der Waals surface area contributed by atoms with Crippen molar-refractivity contribution in [2.24, 2.45) is 5.92 Å². The fourth-order valence-electron chi connectivity index (χ4n) is 4.55. The number of likely N-dealkylation sites (tertiary alicyclic amines) is 1. The Morgan fingerprint density at radius 3 is 2.26 bits per heavy atom. The molecule has 3 fully saturated rings. The summed E-state index contributed by atoms with van der Waals surface area (Å²) in [7, 11) is 0. The number of benzene rings is 1. The molecular weight excluding hydrogens is 440 g/mol. The number of piperazine rings is 1. The number of nitrogens with zero attached hydrogens (tertiary/aromatic N) is 4. The molecule has 0 bridgehead atoms. The van der Waals surface area contributed by atoms with Crippen molar-refractivity contribution in [1.29, 1.82) is 0 Å². The van der Waals surface area contributed by atoms with Crippen molar-refractivity contribution in [2.45, 2.75) is 51.7 Å². The first-order valence-electron chi connectivity index (χ1n) is 11.8. The summed E-state index contributed by atoms with van der Waals surface area (Å²) in [5.74, 6) is -0.181. The molecule has 0 aliphatic carbocycles. The van der Waals surface area contributed by atoms with Crippen LogP contribution in [-0.4, -0.2) is 88.3 Å². The quantitative estimate of drug-likeness (QED) is 0.628. The lowest BCUT2D eigenvalue weighted by Crippen LogP contribution is -2.55. The molecule has 0 spiro atoms. The Bertz CT molecular complexity index is 939. The van der Waals surface area contributed by atoms with Crippen LogP contribution in [0.4, 0.5) is 14.4 Å². The van der Waals surface area contributed by atoms with Gasteiger partial charge in [-0.05, 0) is 51.5 Å². The maximum atomic E-state index is 12.9. The van der Waals surface area contributed by atoms with Gasteiger partial charge in [-0.2, -0.15) is 0 Å². The van der Waals surface area contributed by atoms with Gasteiger partial charge in [0.1, 0.15) is 11.6 Å². The Morgan fingerprint density at radius 2 is 1.62 bits per heavy atom. The summed E-state index contributed by atoms with van der Waals surface area (Å²) >= 11 is 0. The molecule has 1 unspecified atom stereocenters. The van der Waals surface area contributed by atoms with Crippen molar-refractivity contribution in [3.05, 3.63) is 35.9 Å². The number of ether oxygens (including phenoxy) is 1. The van der Waals surface area contributed by atoms with Crippen molar-refractivity contribution < 1.29 is 28.8 Å². The van der Waals surface area contributed by atoms with Crippen LogP contribution < -0.4 is 0 Å². The second-order valence-electron chi connectivity index (χ2n) is 10.0. The number of hydrogen-bond donors (Lipinski definition) is 0. The van der Waals surface area contributed by atoms with Gasteiger partial charge < -0.3 is 24.3 Å². The minimum Gasteiger partial charge on any atom is -0.444 e. The molecular formula is C24H32N4O6. The summed E-state index contributed by atoms with van der Waals surface area (Å²) in [6, 6.07) is 8.67. The van der Waals surface area contributed by atoms with Gasteiger partial charge in [-0.1, -0.05) is 35.4 Å². The number of carbonyl (C=O) groups excluding carboxylic acids is 4. The van der Waals surface area contributed by atoms with Gasteiger partial charge in [0.2, 0.25) is 0 Å². The summed E-state index contributed by atoms with van der Waals surface area (Å²) in [5, 5.41) is 0.543. The molecule has 1 aromatic rings. The maximum Gasteiger partial charge on any atom is 0.434 e. The monoisotopic (exact) mass is 472 g/mol. The van der Waals surface area contributed by atoms with E-state index in [0.717, 1.165) is 19.3 Å². The molecule has 10 nitrogen and oxygen atoms in total. The predicted octanol–water partition coefficient (Wildman–Crippen LogP) is 2.88. The zero-order valence-corrected chi connectivity index (χ0v) is 19.9. The first-order valence-corrected chi connectivity index (χ1v) is 11.8. The average molecular weight is 473 g/mol. The molecule has 184 valence electrons. The number of amides is 5. The third-order valence-electron chi connectivity index (χ3n) is 6.35. The second kappa shape index (κ2) is 9.52. The van der Waals surface area contributed by atoms with Crippen molar-refractivity contribution in [2.75, 3.05) is 32.7 Å². The van der Waals surface area contributed by atoms with E-state index in [9.17, 15) is 19.2 Å². The number of hydroxylamine groups is 2. The highest BCUT2D eigenvalue weighted by Gasteiger charge is 2.51. The number of urea groups is 1. The van der Waals surface area contributed by atoms with E-state index < -0.39 is 35.8 Å². The lowest BCUT2D eigenvalue weighted by atomic mass is 9.90. The van der Waals surface area contributed by atoms with Crippen molar-refractivity contribution in [3.63, 3.8) is 0 Å². The van der Waals surface area contributed by atoms with Crippen LogP contribution in [-0.2, 0) is 20.8 Å². The number of piperidine rings is 1. The molecule has 0 saturated carbocycles. The van der Waals surface area contributed by atoms with Gasteiger partial charge in [-0.15, -0.1) is 0 Å². The van der Waals surface area contributed by atoms with Gasteiger partial charge in [0.15, 0.2) is 0 Å². The van der Waals surface area contributed by atoms with Crippen LogP contribution in [0.2, 0.25) is 0 Å². The highest BCUT2D eigenvalue weighted by Crippen LogP contribution is 2.26. The molecule has 0 N–H and O–H groups in total.